The molecule has 0 bridgehead atoms. The summed E-state index contributed by atoms with van der Waals surface area (Å²) in [5.74, 6) is -0.669. The second kappa shape index (κ2) is 5.46. The predicted molar refractivity (Wildman–Crippen MR) is 73.7 cm³/mol. The zero-order valence-electron chi connectivity index (χ0n) is 10.3. The van der Waals surface area contributed by atoms with Crippen molar-refractivity contribution in [3.63, 3.8) is 0 Å². The third-order valence-corrected chi connectivity index (χ3v) is 3.07. The Morgan fingerprint density at radius 3 is 2.60 bits per heavy atom. The number of nitro benzene ring substituents is 1. The van der Waals surface area contributed by atoms with Crippen LogP contribution in [0.5, 0.6) is 17.2 Å². The summed E-state index contributed by atoms with van der Waals surface area (Å²) >= 11 is 2.94. The molecule has 0 aromatic heterocycles. The number of hydrogen-bond donors (Lipinski definition) is 1. The molecule has 20 heavy (non-hydrogen) atoms. The number of nitro groups is 1. The fourth-order valence-electron chi connectivity index (χ4n) is 1.66. The highest BCUT2D eigenvalue weighted by Crippen LogP contribution is 2.36. The largest absolute Gasteiger partial charge is 0.508 e. The first kappa shape index (κ1) is 14.3. The van der Waals surface area contributed by atoms with E-state index in [2.05, 4.69) is 15.9 Å². The van der Waals surface area contributed by atoms with Gasteiger partial charge in [0.1, 0.15) is 17.3 Å². The van der Waals surface area contributed by atoms with Crippen LogP contribution in [0.1, 0.15) is 5.56 Å². The zero-order valence-corrected chi connectivity index (χ0v) is 11.8. The van der Waals surface area contributed by atoms with E-state index in [0.717, 1.165) is 11.6 Å². The highest BCUT2D eigenvalue weighted by molar-refractivity contribution is 9.10. The molecule has 0 atom stereocenters. The number of ether oxygens (including phenoxy) is 1. The topological polar surface area (TPSA) is 72.6 Å². The fraction of sp³-hybridized carbons (Fsp3) is 0.0769. The lowest BCUT2D eigenvalue weighted by Crippen LogP contribution is -1.95. The summed E-state index contributed by atoms with van der Waals surface area (Å²) in [6.45, 7) is 1.74. The number of phenols is 1. The molecular formula is C13H9BrFNO4. The van der Waals surface area contributed by atoms with Crippen LogP contribution in [-0.4, -0.2) is 10.0 Å². The predicted octanol–water partition coefficient (Wildman–Crippen LogP) is 4.30. The summed E-state index contributed by atoms with van der Waals surface area (Å²) in [6, 6.07) is 6.37. The first-order chi connectivity index (χ1) is 9.36. The molecule has 0 radical (unpaired) electrons. The number of rotatable bonds is 3. The Balaban J connectivity index is 2.47. The van der Waals surface area contributed by atoms with Gasteiger partial charge in [0.15, 0.2) is 0 Å². The van der Waals surface area contributed by atoms with Gasteiger partial charge in [-0.3, -0.25) is 10.1 Å². The van der Waals surface area contributed by atoms with Gasteiger partial charge in [-0.2, -0.15) is 0 Å². The molecule has 0 spiro atoms. The van der Waals surface area contributed by atoms with E-state index in [9.17, 15) is 19.6 Å². The van der Waals surface area contributed by atoms with Crippen molar-refractivity contribution in [2.75, 3.05) is 0 Å². The normalized spacial score (nSPS) is 10.3. The molecule has 0 amide bonds. The van der Waals surface area contributed by atoms with E-state index in [1.54, 1.807) is 13.0 Å². The summed E-state index contributed by atoms with van der Waals surface area (Å²) in [6.07, 6.45) is 0. The van der Waals surface area contributed by atoms with Crippen molar-refractivity contribution in [3.05, 3.63) is 56.3 Å². The van der Waals surface area contributed by atoms with Crippen LogP contribution < -0.4 is 4.74 Å². The molecule has 2 aromatic rings. The van der Waals surface area contributed by atoms with Crippen molar-refractivity contribution in [2.24, 2.45) is 0 Å². The highest BCUT2D eigenvalue weighted by Gasteiger charge is 2.20. The monoisotopic (exact) mass is 341 g/mol. The third-order valence-electron chi connectivity index (χ3n) is 2.46. The van der Waals surface area contributed by atoms with Crippen LogP contribution in [0.2, 0.25) is 0 Å². The maximum atomic E-state index is 13.3. The minimum atomic E-state index is -0.754. The van der Waals surface area contributed by atoms with Gasteiger partial charge in [-0.1, -0.05) is 0 Å². The van der Waals surface area contributed by atoms with E-state index >= 15 is 0 Å². The Labute approximate surface area is 121 Å². The van der Waals surface area contributed by atoms with E-state index in [0.29, 0.717) is 0 Å². The van der Waals surface area contributed by atoms with Crippen LogP contribution in [-0.2, 0) is 0 Å². The number of halogens is 2. The lowest BCUT2D eigenvalue weighted by Gasteiger charge is -2.08. The average molecular weight is 342 g/mol. The van der Waals surface area contributed by atoms with Crippen molar-refractivity contribution in [1.82, 2.24) is 0 Å². The third kappa shape index (κ3) is 3.05. The van der Waals surface area contributed by atoms with Crippen LogP contribution in [0, 0.1) is 22.9 Å². The van der Waals surface area contributed by atoms with Crippen LogP contribution in [0.4, 0.5) is 10.1 Å². The number of phenolic OH excluding ortho intramolecular Hbond substituents is 1. The molecular weight excluding hydrogens is 333 g/mol. The van der Waals surface area contributed by atoms with Crippen LogP contribution in [0.15, 0.2) is 34.8 Å². The number of hydrogen-bond acceptors (Lipinski definition) is 4. The SMILES string of the molecule is Cc1cc(O)cc(Oc2cc(Br)c(F)cc2[N+](=O)[O-])c1. The Kier molecular flexibility index (Phi) is 3.89. The molecule has 1 N–H and O–H groups in total. The smallest absolute Gasteiger partial charge is 0.314 e. The molecule has 5 nitrogen and oxygen atoms in total. The molecule has 104 valence electrons. The second-order valence-corrected chi connectivity index (χ2v) is 4.95. The van der Waals surface area contributed by atoms with E-state index in [1.807, 2.05) is 0 Å². The van der Waals surface area contributed by atoms with Crippen molar-refractivity contribution in [3.8, 4) is 17.2 Å². The molecule has 7 heteroatoms. The molecule has 0 saturated heterocycles. The first-order valence-corrected chi connectivity index (χ1v) is 6.28. The number of benzene rings is 2. The standard InChI is InChI=1S/C13H9BrFNO4/c1-7-2-8(17)4-9(3-7)20-13-5-10(14)11(15)6-12(13)16(18)19/h2-6,17H,1H3. The minimum absolute atomic E-state index is 0.0242. The summed E-state index contributed by atoms with van der Waals surface area (Å²) in [7, 11) is 0. The van der Waals surface area contributed by atoms with Crippen LogP contribution >= 0.6 is 15.9 Å². The molecule has 0 heterocycles. The molecule has 0 saturated carbocycles. The van der Waals surface area contributed by atoms with Gasteiger partial charge < -0.3 is 9.84 Å². The molecule has 0 aliphatic rings. The maximum Gasteiger partial charge on any atom is 0.314 e. The number of aromatic hydroxyl groups is 1. The minimum Gasteiger partial charge on any atom is -0.508 e. The van der Waals surface area contributed by atoms with Gasteiger partial charge in [-0.15, -0.1) is 0 Å². The van der Waals surface area contributed by atoms with Gasteiger partial charge in [-0.05, 0) is 40.5 Å². The van der Waals surface area contributed by atoms with Crippen molar-refractivity contribution in [2.45, 2.75) is 6.92 Å². The van der Waals surface area contributed by atoms with Gasteiger partial charge in [0.05, 0.1) is 15.5 Å². The number of aryl methyl sites for hydroxylation is 1. The second-order valence-electron chi connectivity index (χ2n) is 4.10. The van der Waals surface area contributed by atoms with Crippen molar-refractivity contribution < 1.29 is 19.2 Å². The van der Waals surface area contributed by atoms with E-state index in [-0.39, 0.29) is 21.7 Å². The quantitative estimate of drug-likeness (QED) is 0.667. The average Bonchev–Trinajstić information content (AvgIpc) is 2.31. The summed E-state index contributed by atoms with van der Waals surface area (Å²) in [5, 5.41) is 20.4. The van der Waals surface area contributed by atoms with E-state index in [1.165, 1.54) is 18.2 Å². The molecule has 2 aromatic carbocycles. The zero-order chi connectivity index (χ0) is 14.9. The fourth-order valence-corrected chi connectivity index (χ4v) is 1.98. The molecule has 0 aliphatic heterocycles. The molecule has 0 unspecified atom stereocenters. The van der Waals surface area contributed by atoms with E-state index in [4.69, 9.17) is 4.74 Å². The van der Waals surface area contributed by atoms with Gasteiger partial charge in [0, 0.05) is 12.1 Å². The molecule has 0 aliphatic carbocycles. The lowest BCUT2D eigenvalue weighted by molar-refractivity contribution is -0.385. The van der Waals surface area contributed by atoms with E-state index < -0.39 is 16.4 Å². The Bertz CT molecular complexity index is 670. The van der Waals surface area contributed by atoms with Gasteiger partial charge in [0.2, 0.25) is 5.75 Å². The lowest BCUT2D eigenvalue weighted by atomic mass is 10.2. The Hall–Kier alpha value is -2.15. The summed E-state index contributed by atoms with van der Waals surface area (Å²) in [5.41, 5.74) is 0.232. The first-order valence-electron chi connectivity index (χ1n) is 5.49. The maximum absolute atomic E-state index is 13.3. The molecule has 2 rings (SSSR count). The van der Waals surface area contributed by atoms with Gasteiger partial charge in [-0.25, -0.2) is 4.39 Å². The van der Waals surface area contributed by atoms with Gasteiger partial charge in [0.25, 0.3) is 0 Å². The number of nitrogens with zero attached hydrogens (tertiary/aromatic N) is 1. The van der Waals surface area contributed by atoms with Crippen molar-refractivity contribution in [1.29, 1.82) is 0 Å². The Morgan fingerprint density at radius 1 is 1.30 bits per heavy atom. The van der Waals surface area contributed by atoms with Crippen LogP contribution in [0.3, 0.4) is 0 Å². The molecule has 0 fully saturated rings. The van der Waals surface area contributed by atoms with Crippen LogP contribution in [0.25, 0.3) is 0 Å². The van der Waals surface area contributed by atoms with Crippen molar-refractivity contribution >= 4 is 21.6 Å². The summed E-state index contributed by atoms with van der Waals surface area (Å²) < 4.78 is 18.8. The highest BCUT2D eigenvalue weighted by atomic mass is 79.9. The Morgan fingerprint density at radius 2 is 2.00 bits per heavy atom. The van der Waals surface area contributed by atoms with Gasteiger partial charge >= 0.3 is 5.69 Å². The summed E-state index contributed by atoms with van der Waals surface area (Å²) in [4.78, 5) is 10.2.